The van der Waals surface area contributed by atoms with Crippen molar-refractivity contribution in [3.63, 3.8) is 0 Å². The van der Waals surface area contributed by atoms with E-state index < -0.39 is 0 Å². The maximum Gasteiger partial charge on any atom is 0.137 e. The molecule has 1 rings (SSSR count). The number of rotatable bonds is 8. The lowest BCUT2D eigenvalue weighted by Crippen LogP contribution is -1.97. The number of benzene rings is 1. The van der Waals surface area contributed by atoms with Crippen molar-refractivity contribution in [1.29, 1.82) is 5.26 Å². The topological polar surface area (TPSA) is 33.0 Å². The Kier molecular flexibility index (Phi) is 7.70. The van der Waals surface area contributed by atoms with Gasteiger partial charge in [0.2, 0.25) is 0 Å². The molecule has 2 nitrogen and oxygen atoms in total. The minimum Gasteiger partial charge on any atom is -0.492 e. The molecule has 17 heavy (non-hydrogen) atoms. The Morgan fingerprint density at radius 1 is 1.18 bits per heavy atom. The van der Waals surface area contributed by atoms with Crippen molar-refractivity contribution in [3.05, 3.63) is 29.3 Å². The fourth-order valence-corrected chi connectivity index (χ4v) is 2.05. The van der Waals surface area contributed by atoms with Crippen LogP contribution in [-0.4, -0.2) is 12.4 Å². The van der Waals surface area contributed by atoms with Gasteiger partial charge in [-0.2, -0.15) is 5.26 Å². The van der Waals surface area contributed by atoms with Gasteiger partial charge in [0.05, 0.1) is 11.6 Å². The molecule has 0 spiro atoms. The van der Waals surface area contributed by atoms with Gasteiger partial charge in [0.1, 0.15) is 11.2 Å². The standard InChI is InChI=1S/C13H16ClNOS/c14-12-7-3-4-8-13(12)16-9-5-1-2-6-10-17-11-15/h3-4,7-8H,1-2,5-6,9-10H2. The molecule has 4 heteroatoms. The number of hydrogen-bond acceptors (Lipinski definition) is 3. The molecule has 1 aromatic carbocycles. The van der Waals surface area contributed by atoms with Crippen LogP contribution in [0.5, 0.6) is 5.75 Å². The van der Waals surface area contributed by atoms with Gasteiger partial charge in [0.15, 0.2) is 0 Å². The van der Waals surface area contributed by atoms with E-state index in [2.05, 4.69) is 5.40 Å². The third-order valence-corrected chi connectivity index (χ3v) is 3.23. The smallest absolute Gasteiger partial charge is 0.137 e. The maximum absolute atomic E-state index is 8.34. The number of thioether (sulfide) groups is 1. The molecule has 0 aliphatic rings. The Labute approximate surface area is 112 Å². The Hall–Kier alpha value is -0.850. The minimum absolute atomic E-state index is 0.665. The van der Waals surface area contributed by atoms with Crippen LogP contribution in [0.3, 0.4) is 0 Å². The molecule has 0 aromatic heterocycles. The van der Waals surface area contributed by atoms with Gasteiger partial charge in [-0.1, -0.05) is 36.6 Å². The van der Waals surface area contributed by atoms with Crippen LogP contribution in [0.15, 0.2) is 24.3 Å². The molecule has 0 N–H and O–H groups in total. The molecular formula is C13H16ClNOS. The summed E-state index contributed by atoms with van der Waals surface area (Å²) in [5, 5.41) is 11.1. The van der Waals surface area contributed by atoms with Gasteiger partial charge in [-0.3, -0.25) is 0 Å². The summed E-state index contributed by atoms with van der Waals surface area (Å²) < 4.78 is 5.57. The number of halogens is 1. The van der Waals surface area contributed by atoms with Crippen LogP contribution in [0.25, 0.3) is 0 Å². The summed E-state index contributed by atoms with van der Waals surface area (Å²) in [5.41, 5.74) is 0. The van der Waals surface area contributed by atoms with E-state index in [1.54, 1.807) is 0 Å². The van der Waals surface area contributed by atoms with E-state index in [4.69, 9.17) is 21.6 Å². The highest BCUT2D eigenvalue weighted by atomic mass is 35.5. The van der Waals surface area contributed by atoms with Crippen molar-refractivity contribution >= 4 is 23.4 Å². The first-order valence-corrected chi connectivity index (χ1v) is 7.09. The Morgan fingerprint density at radius 3 is 2.71 bits per heavy atom. The van der Waals surface area contributed by atoms with E-state index in [1.807, 2.05) is 24.3 Å². The summed E-state index contributed by atoms with van der Waals surface area (Å²) in [6.45, 7) is 0.703. The quantitative estimate of drug-likeness (QED) is 0.515. The predicted molar refractivity (Wildman–Crippen MR) is 73.5 cm³/mol. The maximum atomic E-state index is 8.34. The van der Waals surface area contributed by atoms with Crippen molar-refractivity contribution in [2.75, 3.05) is 12.4 Å². The average molecular weight is 270 g/mol. The number of nitrogens with zero attached hydrogens (tertiary/aromatic N) is 1. The van der Waals surface area contributed by atoms with E-state index in [1.165, 1.54) is 11.8 Å². The fraction of sp³-hybridized carbons (Fsp3) is 0.462. The summed E-state index contributed by atoms with van der Waals surface area (Å²) in [7, 11) is 0. The highest BCUT2D eigenvalue weighted by Crippen LogP contribution is 2.23. The van der Waals surface area contributed by atoms with E-state index >= 15 is 0 Å². The molecule has 0 saturated carbocycles. The summed E-state index contributed by atoms with van der Waals surface area (Å²) in [4.78, 5) is 0. The molecule has 0 radical (unpaired) electrons. The fourth-order valence-electron chi connectivity index (χ4n) is 1.42. The van der Waals surface area contributed by atoms with E-state index in [9.17, 15) is 0 Å². The predicted octanol–water partition coefficient (Wildman–Crippen LogP) is 4.49. The lowest BCUT2D eigenvalue weighted by Gasteiger charge is -2.07. The third kappa shape index (κ3) is 6.45. The van der Waals surface area contributed by atoms with Crippen LogP contribution in [0.1, 0.15) is 25.7 Å². The van der Waals surface area contributed by atoms with Crippen molar-refractivity contribution in [3.8, 4) is 11.2 Å². The van der Waals surface area contributed by atoms with Crippen LogP contribution >= 0.6 is 23.4 Å². The Bertz CT molecular complexity index is 365. The first-order valence-electron chi connectivity index (χ1n) is 5.73. The molecule has 0 saturated heterocycles. The molecule has 92 valence electrons. The molecule has 1 aromatic rings. The summed E-state index contributed by atoms with van der Waals surface area (Å²) >= 11 is 7.29. The van der Waals surface area contributed by atoms with E-state index in [0.717, 1.165) is 37.2 Å². The van der Waals surface area contributed by atoms with Gasteiger partial charge < -0.3 is 4.74 Å². The third-order valence-electron chi connectivity index (χ3n) is 2.30. The van der Waals surface area contributed by atoms with Crippen molar-refractivity contribution < 1.29 is 4.74 Å². The van der Waals surface area contributed by atoms with Gasteiger partial charge in [0, 0.05) is 5.75 Å². The second-order valence-electron chi connectivity index (χ2n) is 3.63. The van der Waals surface area contributed by atoms with Crippen LogP contribution in [0, 0.1) is 10.7 Å². The summed E-state index contributed by atoms with van der Waals surface area (Å²) in [6.07, 6.45) is 4.42. The molecule has 0 aliphatic carbocycles. The van der Waals surface area contributed by atoms with Gasteiger partial charge in [-0.05, 0) is 36.7 Å². The van der Waals surface area contributed by atoms with Gasteiger partial charge in [-0.25, -0.2) is 0 Å². The number of ether oxygens (including phenoxy) is 1. The lowest BCUT2D eigenvalue weighted by molar-refractivity contribution is 0.305. The largest absolute Gasteiger partial charge is 0.492 e. The molecule has 0 amide bonds. The monoisotopic (exact) mass is 269 g/mol. The van der Waals surface area contributed by atoms with Crippen molar-refractivity contribution in [1.82, 2.24) is 0 Å². The SMILES string of the molecule is N#CSCCCCCCOc1ccccc1Cl. The Morgan fingerprint density at radius 2 is 1.94 bits per heavy atom. The van der Waals surface area contributed by atoms with Crippen LogP contribution in [0.2, 0.25) is 5.02 Å². The van der Waals surface area contributed by atoms with Crippen molar-refractivity contribution in [2.45, 2.75) is 25.7 Å². The second-order valence-corrected chi connectivity index (χ2v) is 4.92. The zero-order valence-electron chi connectivity index (χ0n) is 9.69. The first kappa shape index (κ1) is 14.2. The number of para-hydroxylation sites is 1. The van der Waals surface area contributed by atoms with Crippen LogP contribution in [-0.2, 0) is 0 Å². The zero-order chi connectivity index (χ0) is 12.3. The van der Waals surface area contributed by atoms with Gasteiger partial charge in [-0.15, -0.1) is 0 Å². The van der Waals surface area contributed by atoms with Crippen LogP contribution in [0.4, 0.5) is 0 Å². The molecule has 0 bridgehead atoms. The molecule has 0 unspecified atom stereocenters. The molecule has 0 fully saturated rings. The normalized spacial score (nSPS) is 9.88. The summed E-state index contributed by atoms with van der Waals surface area (Å²) in [6, 6.07) is 7.52. The van der Waals surface area contributed by atoms with E-state index in [0.29, 0.717) is 11.6 Å². The number of thiocyanates is 1. The van der Waals surface area contributed by atoms with Gasteiger partial charge >= 0.3 is 0 Å². The number of nitriles is 1. The highest BCUT2D eigenvalue weighted by molar-refractivity contribution is 8.03. The molecule has 0 heterocycles. The second kappa shape index (κ2) is 9.21. The highest BCUT2D eigenvalue weighted by Gasteiger charge is 1.98. The average Bonchev–Trinajstić information content (AvgIpc) is 2.35. The van der Waals surface area contributed by atoms with E-state index in [-0.39, 0.29) is 0 Å². The zero-order valence-corrected chi connectivity index (χ0v) is 11.3. The molecular weight excluding hydrogens is 254 g/mol. The number of unbranched alkanes of at least 4 members (excludes halogenated alkanes) is 3. The molecule has 0 aliphatic heterocycles. The molecule has 0 atom stereocenters. The van der Waals surface area contributed by atoms with Crippen molar-refractivity contribution in [2.24, 2.45) is 0 Å². The lowest BCUT2D eigenvalue weighted by atomic mass is 10.2. The van der Waals surface area contributed by atoms with Gasteiger partial charge in [0.25, 0.3) is 0 Å². The van der Waals surface area contributed by atoms with Crippen LogP contribution < -0.4 is 4.74 Å². The Balaban J connectivity index is 2.01. The number of hydrogen-bond donors (Lipinski definition) is 0. The minimum atomic E-state index is 0.665. The summed E-state index contributed by atoms with van der Waals surface area (Å²) in [5.74, 6) is 1.69. The first-order chi connectivity index (χ1) is 8.34.